The number of benzene rings is 4. The number of hydrogen-bond acceptors (Lipinski definition) is 2. The maximum Gasteiger partial charge on any atom is 0.195 e. The minimum Gasteiger partial charge on any atom is -0.380 e. The van der Waals surface area contributed by atoms with E-state index in [0.29, 0.717) is 6.54 Å². The van der Waals surface area contributed by atoms with Gasteiger partial charge in [0, 0.05) is 23.4 Å². The zero-order valence-corrected chi connectivity index (χ0v) is 18.2. The van der Waals surface area contributed by atoms with E-state index in [1.165, 1.54) is 22.3 Å². The van der Waals surface area contributed by atoms with Gasteiger partial charge in [-0.1, -0.05) is 97.1 Å². The second-order valence-corrected chi connectivity index (χ2v) is 8.48. The summed E-state index contributed by atoms with van der Waals surface area (Å²) in [5.74, 6) is 0.101. The number of nitrogens with one attached hydrogen (secondary N) is 1. The fraction of sp³-hybridized carbons (Fsp3) is 0.167. The van der Waals surface area contributed by atoms with Crippen molar-refractivity contribution in [1.82, 2.24) is 0 Å². The van der Waals surface area contributed by atoms with Crippen molar-refractivity contribution in [2.45, 2.75) is 32.2 Å². The summed E-state index contributed by atoms with van der Waals surface area (Å²) in [6.07, 6.45) is 3.62. The van der Waals surface area contributed by atoms with Crippen LogP contribution in [0.2, 0.25) is 0 Å². The average molecular weight is 418 g/mol. The third kappa shape index (κ3) is 4.36. The molecule has 0 saturated carbocycles. The van der Waals surface area contributed by atoms with Gasteiger partial charge in [-0.15, -0.1) is 0 Å². The summed E-state index contributed by atoms with van der Waals surface area (Å²) in [5.41, 5.74) is 8.74. The minimum absolute atomic E-state index is 0.101. The topological polar surface area (TPSA) is 29.1 Å². The molecular weight excluding hydrogens is 390 g/mol. The first kappa shape index (κ1) is 20.3. The molecule has 2 heteroatoms. The van der Waals surface area contributed by atoms with Gasteiger partial charge in [-0.25, -0.2) is 0 Å². The molecule has 0 aliphatic heterocycles. The van der Waals surface area contributed by atoms with Gasteiger partial charge in [0.25, 0.3) is 0 Å². The Kier molecular flexibility index (Phi) is 5.85. The van der Waals surface area contributed by atoms with E-state index in [9.17, 15) is 4.79 Å². The number of anilines is 1. The highest BCUT2D eigenvalue weighted by atomic mass is 16.1. The van der Waals surface area contributed by atoms with Crippen molar-refractivity contribution in [2.75, 3.05) is 5.32 Å². The number of ketones is 1. The lowest BCUT2D eigenvalue weighted by molar-refractivity contribution is 0.103. The Morgan fingerprint density at radius 1 is 0.625 bits per heavy atom. The molecule has 0 saturated heterocycles. The van der Waals surface area contributed by atoms with E-state index in [2.05, 4.69) is 66.0 Å². The highest BCUT2D eigenvalue weighted by molar-refractivity contribution is 6.13. The lowest BCUT2D eigenvalue weighted by Gasteiger charge is -2.21. The van der Waals surface area contributed by atoms with Crippen molar-refractivity contribution in [3.05, 3.63) is 136 Å². The Hall–Kier alpha value is -3.65. The zero-order chi connectivity index (χ0) is 21.8. The van der Waals surface area contributed by atoms with Gasteiger partial charge < -0.3 is 5.32 Å². The Bertz CT molecular complexity index is 1210. The molecule has 4 aliphatic rings. The summed E-state index contributed by atoms with van der Waals surface area (Å²) in [6, 6.07) is 33.4. The van der Waals surface area contributed by atoms with Crippen LogP contribution in [0.4, 0.5) is 5.69 Å². The smallest absolute Gasteiger partial charge is 0.195 e. The van der Waals surface area contributed by atoms with Crippen LogP contribution < -0.4 is 5.32 Å². The molecule has 1 N–H and O–H groups in total. The zero-order valence-electron chi connectivity index (χ0n) is 18.2. The van der Waals surface area contributed by atoms with Crippen molar-refractivity contribution < 1.29 is 4.79 Å². The molecule has 0 spiro atoms. The number of aryl methyl sites for hydroxylation is 4. The van der Waals surface area contributed by atoms with E-state index in [0.717, 1.165) is 48.1 Å². The molecule has 2 nitrogen and oxygen atoms in total. The molecule has 158 valence electrons. The molecule has 32 heavy (non-hydrogen) atoms. The number of hydrogen-bond donors (Lipinski definition) is 1. The first-order chi connectivity index (χ1) is 15.8. The highest BCUT2D eigenvalue weighted by Gasteiger charge is 2.21. The van der Waals surface area contributed by atoms with E-state index in [1.807, 2.05) is 36.4 Å². The summed E-state index contributed by atoms with van der Waals surface area (Å²) in [6.45, 7) is 0.695. The predicted molar refractivity (Wildman–Crippen MR) is 131 cm³/mol. The maximum absolute atomic E-state index is 13.8. The standard InChI is InChI=1S/C30H27NO/c32-30(27-9-5-2-6-10-27)28-25-17-15-22-11-13-23(14-12-22)16-18-26(20-19-25)29(28)31-21-24-7-3-1-4-8-24/h1-14,19-20,31H,15-18,21H2. The number of rotatable bonds is 5. The molecule has 4 aromatic rings. The second-order valence-electron chi connectivity index (χ2n) is 8.48. The Labute approximate surface area is 189 Å². The van der Waals surface area contributed by atoms with Crippen LogP contribution in [0.3, 0.4) is 0 Å². The summed E-state index contributed by atoms with van der Waals surface area (Å²) < 4.78 is 0. The van der Waals surface area contributed by atoms with E-state index in [-0.39, 0.29) is 5.78 Å². The van der Waals surface area contributed by atoms with Gasteiger partial charge in [-0.05, 0) is 53.5 Å². The summed E-state index contributed by atoms with van der Waals surface area (Å²) in [7, 11) is 0. The van der Waals surface area contributed by atoms with Crippen molar-refractivity contribution >= 4 is 11.5 Å². The van der Waals surface area contributed by atoms with Crippen LogP contribution in [-0.2, 0) is 32.2 Å². The maximum atomic E-state index is 13.8. The van der Waals surface area contributed by atoms with E-state index in [4.69, 9.17) is 0 Å². The molecule has 4 bridgehead atoms. The summed E-state index contributed by atoms with van der Waals surface area (Å²) in [5, 5.41) is 3.66. The SMILES string of the molecule is O=C(c1ccccc1)c1c2ccc(c1NCc1ccccc1)CCc1ccc(cc1)CC2. The molecule has 0 unspecified atom stereocenters. The van der Waals surface area contributed by atoms with Crippen molar-refractivity contribution in [3.63, 3.8) is 0 Å². The van der Waals surface area contributed by atoms with Crippen LogP contribution in [0.1, 0.15) is 43.7 Å². The molecule has 0 atom stereocenters. The van der Waals surface area contributed by atoms with Crippen molar-refractivity contribution in [3.8, 4) is 0 Å². The second kappa shape index (κ2) is 9.23. The molecule has 4 aliphatic carbocycles. The van der Waals surface area contributed by atoms with Gasteiger partial charge in [0.1, 0.15) is 0 Å². The van der Waals surface area contributed by atoms with Crippen LogP contribution in [0, 0.1) is 0 Å². The number of carbonyl (C=O) groups is 1. The van der Waals surface area contributed by atoms with Crippen molar-refractivity contribution in [1.29, 1.82) is 0 Å². The van der Waals surface area contributed by atoms with Crippen LogP contribution in [-0.4, -0.2) is 5.78 Å². The van der Waals surface area contributed by atoms with Gasteiger partial charge in [-0.2, -0.15) is 0 Å². The first-order valence-electron chi connectivity index (χ1n) is 11.4. The van der Waals surface area contributed by atoms with Gasteiger partial charge in [0.05, 0.1) is 0 Å². The van der Waals surface area contributed by atoms with E-state index >= 15 is 0 Å². The number of carbonyl (C=O) groups excluding carboxylic acids is 1. The lowest BCUT2D eigenvalue weighted by atomic mass is 9.88. The normalized spacial score (nSPS) is 12.8. The molecule has 0 amide bonds. The van der Waals surface area contributed by atoms with Gasteiger partial charge >= 0.3 is 0 Å². The minimum atomic E-state index is 0.101. The lowest BCUT2D eigenvalue weighted by Crippen LogP contribution is -2.15. The quantitative estimate of drug-likeness (QED) is 0.380. The van der Waals surface area contributed by atoms with Crippen LogP contribution in [0.5, 0.6) is 0 Å². The van der Waals surface area contributed by atoms with Crippen LogP contribution >= 0.6 is 0 Å². The largest absolute Gasteiger partial charge is 0.380 e. The van der Waals surface area contributed by atoms with Crippen molar-refractivity contribution in [2.24, 2.45) is 0 Å². The molecule has 4 aromatic carbocycles. The Balaban J connectivity index is 1.60. The molecule has 0 radical (unpaired) electrons. The summed E-state index contributed by atoms with van der Waals surface area (Å²) >= 11 is 0. The summed E-state index contributed by atoms with van der Waals surface area (Å²) in [4.78, 5) is 13.8. The fourth-order valence-electron chi connectivity index (χ4n) is 4.52. The first-order valence-corrected chi connectivity index (χ1v) is 11.4. The fourth-order valence-corrected chi connectivity index (χ4v) is 4.52. The Morgan fingerprint density at radius 3 is 1.84 bits per heavy atom. The van der Waals surface area contributed by atoms with Gasteiger partial charge in [0.15, 0.2) is 5.78 Å². The average Bonchev–Trinajstić information content (AvgIpc) is 2.85. The third-order valence-electron chi connectivity index (χ3n) is 6.34. The van der Waals surface area contributed by atoms with Gasteiger partial charge in [0.2, 0.25) is 0 Å². The highest BCUT2D eigenvalue weighted by Crippen LogP contribution is 2.31. The monoisotopic (exact) mass is 417 g/mol. The molecule has 0 fully saturated rings. The van der Waals surface area contributed by atoms with E-state index in [1.54, 1.807) is 0 Å². The Morgan fingerprint density at radius 2 is 1.19 bits per heavy atom. The van der Waals surface area contributed by atoms with Gasteiger partial charge in [-0.3, -0.25) is 4.79 Å². The third-order valence-corrected chi connectivity index (χ3v) is 6.34. The predicted octanol–water partition coefficient (Wildman–Crippen LogP) is 6.41. The van der Waals surface area contributed by atoms with E-state index < -0.39 is 0 Å². The molecular formula is C30H27NO. The molecule has 0 heterocycles. The molecule has 0 aromatic heterocycles. The molecule has 8 rings (SSSR count). The van der Waals surface area contributed by atoms with Crippen LogP contribution in [0.25, 0.3) is 0 Å². The van der Waals surface area contributed by atoms with Crippen LogP contribution in [0.15, 0.2) is 97.1 Å².